The molecule has 0 aromatic carbocycles. The minimum atomic E-state index is -3.50. The van der Waals surface area contributed by atoms with Gasteiger partial charge in [-0.15, -0.1) is 36.2 Å². The van der Waals surface area contributed by atoms with E-state index in [0.717, 1.165) is 48.7 Å². The average molecular weight is 552 g/mol. The van der Waals surface area contributed by atoms with Crippen LogP contribution in [0.15, 0.2) is 27.2 Å². The number of H-pyrrole nitrogens is 1. The molecule has 2 aromatic heterocycles. The summed E-state index contributed by atoms with van der Waals surface area (Å²) in [5.41, 5.74) is 2.30. The molecule has 11 heteroatoms. The summed E-state index contributed by atoms with van der Waals surface area (Å²) in [4.78, 5) is 20.7. The molecule has 0 spiro atoms. The van der Waals surface area contributed by atoms with Crippen molar-refractivity contribution in [1.29, 1.82) is 0 Å². The molecular weight excluding hydrogens is 515 g/mol. The second-order valence-electron chi connectivity index (χ2n) is 8.78. The number of aromatic amines is 1. The zero-order valence-corrected chi connectivity index (χ0v) is 23.2. The molecule has 4 rings (SSSR count). The van der Waals surface area contributed by atoms with Crippen molar-refractivity contribution in [1.82, 2.24) is 19.1 Å². The van der Waals surface area contributed by atoms with E-state index in [1.807, 2.05) is 26.0 Å². The molecule has 0 bridgehead atoms. The molecule has 34 heavy (non-hydrogen) atoms. The molecule has 0 aliphatic carbocycles. The molecule has 0 amide bonds. The van der Waals surface area contributed by atoms with Crippen LogP contribution in [0.4, 0.5) is 0 Å². The Morgan fingerprint density at radius 2 is 1.59 bits per heavy atom. The maximum absolute atomic E-state index is 13.2. The van der Waals surface area contributed by atoms with E-state index in [-0.39, 0.29) is 30.4 Å². The summed E-state index contributed by atoms with van der Waals surface area (Å²) in [6.45, 7) is 11.1. The third-order valence-electron chi connectivity index (χ3n) is 6.62. The zero-order valence-electron chi connectivity index (χ0n) is 19.9. The van der Waals surface area contributed by atoms with Crippen molar-refractivity contribution in [2.24, 2.45) is 0 Å². The first-order chi connectivity index (χ1) is 15.4. The number of aryl methyl sites for hydroxylation is 2. The van der Waals surface area contributed by atoms with Gasteiger partial charge in [0.15, 0.2) is 0 Å². The summed E-state index contributed by atoms with van der Waals surface area (Å²) in [6, 6.07) is 5.44. The predicted octanol–water partition coefficient (Wildman–Crippen LogP) is 3.61. The van der Waals surface area contributed by atoms with Crippen LogP contribution in [-0.4, -0.2) is 79.9 Å². The maximum Gasteiger partial charge on any atom is 0.252 e. The number of sulfonamides is 1. The Labute approximate surface area is 219 Å². The molecule has 192 valence electrons. The number of piperazine rings is 1. The fourth-order valence-electron chi connectivity index (χ4n) is 4.63. The highest BCUT2D eigenvalue weighted by atomic mass is 35.5. The van der Waals surface area contributed by atoms with E-state index in [9.17, 15) is 13.2 Å². The summed E-state index contributed by atoms with van der Waals surface area (Å²) in [7, 11) is -3.50. The molecule has 2 aliphatic rings. The molecule has 2 saturated heterocycles. The summed E-state index contributed by atoms with van der Waals surface area (Å²) in [6.07, 6.45) is 4.44. The molecule has 7 nitrogen and oxygen atoms in total. The number of nitrogens with zero attached hydrogens (tertiary/aromatic N) is 3. The van der Waals surface area contributed by atoms with Crippen LogP contribution in [0.3, 0.4) is 0 Å². The van der Waals surface area contributed by atoms with Crippen LogP contribution in [0.2, 0.25) is 0 Å². The van der Waals surface area contributed by atoms with Crippen molar-refractivity contribution in [3.63, 3.8) is 0 Å². The first-order valence-electron chi connectivity index (χ1n) is 11.7. The number of hydrogen-bond acceptors (Lipinski definition) is 6. The van der Waals surface area contributed by atoms with E-state index in [0.29, 0.717) is 29.3 Å². The average Bonchev–Trinajstić information content (AvgIpc) is 3.47. The van der Waals surface area contributed by atoms with Gasteiger partial charge in [-0.1, -0.05) is 6.92 Å². The molecular formula is C23H36Cl2N4O3S2. The molecule has 0 unspecified atom stereocenters. The van der Waals surface area contributed by atoms with Crippen LogP contribution in [0.5, 0.6) is 0 Å². The van der Waals surface area contributed by atoms with E-state index >= 15 is 0 Å². The minimum absolute atomic E-state index is 0. The number of thiophene rings is 1. The Bertz CT molecular complexity index is 1090. The van der Waals surface area contributed by atoms with Crippen molar-refractivity contribution in [3.05, 3.63) is 39.8 Å². The molecule has 2 aliphatic heterocycles. The second-order valence-corrected chi connectivity index (χ2v) is 12.0. The van der Waals surface area contributed by atoms with E-state index in [1.165, 1.54) is 37.3 Å². The molecule has 1 N–H and O–H groups in total. The standard InChI is InChI=1S/C23H34N4O3S2.2ClH/c1-3-19-17-20(18(2)24-23(19)28)21-7-8-22(31-21)32(29,30)27-15-13-26(14-16-27)12-6-11-25-9-4-5-10-25;;/h7-8,17H,3-6,9-16H2,1-2H3,(H,24,28);2*1H. The van der Waals surface area contributed by atoms with Crippen LogP contribution in [0, 0.1) is 6.92 Å². The fourth-order valence-corrected chi connectivity index (χ4v) is 7.59. The molecule has 0 saturated carbocycles. The third kappa shape index (κ3) is 6.63. The van der Waals surface area contributed by atoms with Crippen molar-refractivity contribution in [2.45, 2.75) is 43.7 Å². The highest BCUT2D eigenvalue weighted by Gasteiger charge is 2.30. The predicted molar refractivity (Wildman–Crippen MR) is 144 cm³/mol. The van der Waals surface area contributed by atoms with Gasteiger partial charge in [0, 0.05) is 47.9 Å². The third-order valence-corrected chi connectivity index (χ3v) is 10.1. The largest absolute Gasteiger partial charge is 0.326 e. The molecule has 4 heterocycles. The van der Waals surface area contributed by atoms with Gasteiger partial charge in [-0.05, 0) is 77.0 Å². The number of pyridine rings is 1. The summed E-state index contributed by atoms with van der Waals surface area (Å²) in [5.74, 6) is 0. The van der Waals surface area contributed by atoms with Crippen molar-refractivity contribution < 1.29 is 8.42 Å². The number of nitrogens with one attached hydrogen (secondary N) is 1. The van der Waals surface area contributed by atoms with E-state index < -0.39 is 10.0 Å². The lowest BCUT2D eigenvalue weighted by Gasteiger charge is -2.34. The van der Waals surface area contributed by atoms with Gasteiger partial charge in [-0.3, -0.25) is 4.79 Å². The Balaban J connectivity index is 0.00000204. The van der Waals surface area contributed by atoms with E-state index in [2.05, 4.69) is 14.8 Å². The molecule has 2 aromatic rings. The van der Waals surface area contributed by atoms with Crippen molar-refractivity contribution in [2.75, 3.05) is 52.4 Å². The van der Waals surface area contributed by atoms with Gasteiger partial charge in [0.25, 0.3) is 15.6 Å². The maximum atomic E-state index is 13.2. The zero-order chi connectivity index (χ0) is 22.7. The second kappa shape index (κ2) is 12.9. The first kappa shape index (κ1) is 29.3. The Morgan fingerprint density at radius 3 is 2.21 bits per heavy atom. The van der Waals surface area contributed by atoms with Crippen LogP contribution in [0.1, 0.15) is 37.4 Å². The normalized spacial score (nSPS) is 17.9. The topological polar surface area (TPSA) is 76.7 Å². The Hall–Kier alpha value is -0.940. The van der Waals surface area contributed by atoms with Gasteiger partial charge in [0.1, 0.15) is 4.21 Å². The lowest BCUT2D eigenvalue weighted by Crippen LogP contribution is -2.48. The summed E-state index contributed by atoms with van der Waals surface area (Å²) < 4.78 is 28.5. The highest BCUT2D eigenvalue weighted by molar-refractivity contribution is 7.91. The SMILES string of the molecule is CCc1cc(-c2ccc(S(=O)(=O)N3CCN(CCCN4CCCC4)CC3)s2)c(C)[nH]c1=O.Cl.Cl. The highest BCUT2D eigenvalue weighted by Crippen LogP contribution is 2.34. The van der Waals surface area contributed by atoms with Crippen LogP contribution in [0.25, 0.3) is 10.4 Å². The van der Waals surface area contributed by atoms with Gasteiger partial charge >= 0.3 is 0 Å². The van der Waals surface area contributed by atoms with Gasteiger partial charge < -0.3 is 14.8 Å². The lowest BCUT2D eigenvalue weighted by molar-refractivity contribution is 0.179. The number of halogens is 2. The van der Waals surface area contributed by atoms with Crippen molar-refractivity contribution in [3.8, 4) is 10.4 Å². The first-order valence-corrected chi connectivity index (χ1v) is 13.9. The fraction of sp³-hybridized carbons (Fsp3) is 0.609. The quantitative estimate of drug-likeness (QED) is 0.543. The molecule has 2 fully saturated rings. The van der Waals surface area contributed by atoms with Crippen LogP contribution in [-0.2, 0) is 16.4 Å². The Morgan fingerprint density at radius 1 is 0.971 bits per heavy atom. The van der Waals surface area contributed by atoms with Crippen LogP contribution >= 0.6 is 36.2 Å². The minimum Gasteiger partial charge on any atom is -0.326 e. The Kier molecular flexibility index (Phi) is 11.1. The lowest BCUT2D eigenvalue weighted by atomic mass is 10.1. The number of likely N-dealkylation sites (tertiary alicyclic amines) is 1. The monoisotopic (exact) mass is 550 g/mol. The van der Waals surface area contributed by atoms with E-state index in [1.54, 1.807) is 10.4 Å². The summed E-state index contributed by atoms with van der Waals surface area (Å²) in [5, 5.41) is 0. The van der Waals surface area contributed by atoms with E-state index in [4.69, 9.17) is 0 Å². The molecule has 0 radical (unpaired) electrons. The summed E-state index contributed by atoms with van der Waals surface area (Å²) >= 11 is 1.28. The molecule has 0 atom stereocenters. The number of hydrogen-bond donors (Lipinski definition) is 1. The van der Waals surface area contributed by atoms with Gasteiger partial charge in [0.05, 0.1) is 0 Å². The number of rotatable bonds is 8. The number of aromatic nitrogens is 1. The van der Waals surface area contributed by atoms with Gasteiger partial charge in [-0.25, -0.2) is 8.42 Å². The van der Waals surface area contributed by atoms with Gasteiger partial charge in [0.2, 0.25) is 0 Å². The smallest absolute Gasteiger partial charge is 0.252 e. The van der Waals surface area contributed by atoms with Crippen LogP contribution < -0.4 is 5.56 Å². The van der Waals surface area contributed by atoms with Crippen molar-refractivity contribution >= 4 is 46.2 Å². The van der Waals surface area contributed by atoms with Gasteiger partial charge in [-0.2, -0.15) is 4.31 Å².